The number of esters is 1. The second-order valence-electron chi connectivity index (χ2n) is 5.39. The van der Waals surface area contributed by atoms with Gasteiger partial charge in [-0.05, 0) is 29.8 Å². The van der Waals surface area contributed by atoms with Gasteiger partial charge in [0.25, 0.3) is 0 Å². The summed E-state index contributed by atoms with van der Waals surface area (Å²) >= 11 is 1.56. The molecule has 1 aromatic heterocycles. The van der Waals surface area contributed by atoms with E-state index in [1.165, 1.54) is 13.2 Å². The molecular weight excluding hydrogens is 346 g/mol. The molecule has 0 radical (unpaired) electrons. The summed E-state index contributed by atoms with van der Waals surface area (Å²) in [4.78, 5) is 22.3. The largest absolute Gasteiger partial charge is 0.486 e. The van der Waals surface area contributed by atoms with Crippen LogP contribution in [0, 0.1) is 0 Å². The van der Waals surface area contributed by atoms with Crippen LogP contribution in [0.25, 0.3) is 0 Å². The first kappa shape index (κ1) is 17.4. The van der Waals surface area contributed by atoms with Crippen LogP contribution < -0.4 is 10.1 Å². The average Bonchev–Trinajstić information content (AvgIpc) is 3.29. The van der Waals surface area contributed by atoms with Crippen LogP contribution in [-0.2, 0) is 16.1 Å². The van der Waals surface area contributed by atoms with Gasteiger partial charge in [0.05, 0.1) is 12.5 Å². The molecule has 1 aliphatic rings. The van der Waals surface area contributed by atoms with Crippen LogP contribution >= 0.6 is 11.8 Å². The topological polar surface area (TPSA) is 98.0 Å². The third kappa shape index (κ3) is 4.15. The summed E-state index contributed by atoms with van der Waals surface area (Å²) in [5, 5.41) is 12.0. The molecule has 3 rings (SSSR count). The van der Waals surface area contributed by atoms with Gasteiger partial charge in [-0.3, -0.25) is 10.1 Å². The van der Waals surface area contributed by atoms with Gasteiger partial charge >= 0.3 is 11.9 Å². The number of aliphatic carboxylic acids is 1. The van der Waals surface area contributed by atoms with Gasteiger partial charge in [-0.2, -0.15) is 0 Å². The Hall–Kier alpha value is -2.45. The first-order valence-electron chi connectivity index (χ1n) is 7.57. The van der Waals surface area contributed by atoms with E-state index in [1.54, 1.807) is 17.8 Å². The van der Waals surface area contributed by atoms with Gasteiger partial charge in [-0.15, -0.1) is 11.8 Å². The van der Waals surface area contributed by atoms with Crippen molar-refractivity contribution in [2.75, 3.05) is 12.9 Å². The number of benzene rings is 1. The maximum absolute atomic E-state index is 11.3. The molecule has 132 valence electrons. The van der Waals surface area contributed by atoms with Crippen LogP contribution in [0.3, 0.4) is 0 Å². The third-order valence-corrected chi connectivity index (χ3v) is 4.96. The number of ether oxygens (including phenoxy) is 2. The number of carboxylic acid groups (broad SMARTS) is 1. The Balaban J connectivity index is 1.55. The summed E-state index contributed by atoms with van der Waals surface area (Å²) in [6, 6.07) is 10.1. The fourth-order valence-corrected chi connectivity index (χ4v) is 3.60. The lowest BCUT2D eigenvalue weighted by Gasteiger charge is -2.12. The standard InChI is InChI=1S/C17H17NO6S/c1-22-17(21)14-7-6-12(24-14)8-23-11-4-2-10(3-5-11)15-18-13(9-25-15)16(19)20/h2-7,13,15,18H,8-9H2,1H3,(H,19,20). The van der Waals surface area contributed by atoms with Gasteiger partial charge in [0.1, 0.15) is 24.2 Å². The Labute approximate surface area is 148 Å². The fraction of sp³-hybridized carbons (Fsp3) is 0.294. The minimum atomic E-state index is -0.834. The number of furan rings is 1. The van der Waals surface area contributed by atoms with Crippen LogP contribution in [0.2, 0.25) is 0 Å². The van der Waals surface area contributed by atoms with Crippen molar-refractivity contribution in [2.24, 2.45) is 0 Å². The van der Waals surface area contributed by atoms with Crippen molar-refractivity contribution in [3.05, 3.63) is 53.5 Å². The number of nitrogens with one attached hydrogen (secondary N) is 1. The van der Waals surface area contributed by atoms with Gasteiger partial charge in [-0.1, -0.05) is 12.1 Å². The number of hydrogen-bond acceptors (Lipinski definition) is 7. The summed E-state index contributed by atoms with van der Waals surface area (Å²) in [5.41, 5.74) is 0.993. The Morgan fingerprint density at radius 2 is 2.04 bits per heavy atom. The lowest BCUT2D eigenvalue weighted by molar-refractivity contribution is -0.138. The SMILES string of the molecule is COC(=O)c1ccc(COc2ccc(C3NC(C(=O)O)CS3)cc2)o1. The zero-order valence-electron chi connectivity index (χ0n) is 13.4. The molecule has 0 saturated carbocycles. The molecule has 25 heavy (non-hydrogen) atoms. The first-order valence-corrected chi connectivity index (χ1v) is 8.62. The number of carboxylic acids is 1. The van der Waals surface area contributed by atoms with E-state index in [9.17, 15) is 9.59 Å². The van der Waals surface area contributed by atoms with Crippen molar-refractivity contribution in [3.8, 4) is 5.75 Å². The lowest BCUT2D eigenvalue weighted by atomic mass is 10.2. The molecule has 8 heteroatoms. The molecule has 2 atom stereocenters. The van der Waals surface area contributed by atoms with Gasteiger partial charge in [-0.25, -0.2) is 4.79 Å². The summed E-state index contributed by atoms with van der Waals surface area (Å²) in [6.45, 7) is 0.188. The predicted octanol–water partition coefficient (Wildman–Crippen LogP) is 2.43. The molecule has 0 aliphatic carbocycles. The summed E-state index contributed by atoms with van der Waals surface area (Å²) < 4.78 is 15.5. The zero-order valence-corrected chi connectivity index (χ0v) is 14.2. The Kier molecular flexibility index (Phi) is 5.30. The van der Waals surface area contributed by atoms with E-state index in [4.69, 9.17) is 14.3 Å². The molecule has 2 unspecified atom stereocenters. The highest BCUT2D eigenvalue weighted by Crippen LogP contribution is 2.33. The highest BCUT2D eigenvalue weighted by atomic mass is 32.2. The maximum atomic E-state index is 11.3. The molecule has 2 aromatic rings. The number of hydrogen-bond donors (Lipinski definition) is 2. The minimum Gasteiger partial charge on any atom is -0.486 e. The molecule has 0 spiro atoms. The van der Waals surface area contributed by atoms with Crippen molar-refractivity contribution < 1.29 is 28.6 Å². The smallest absolute Gasteiger partial charge is 0.373 e. The summed E-state index contributed by atoms with van der Waals surface area (Å²) in [5.74, 6) is 0.476. The number of methoxy groups -OCH3 is 1. The highest BCUT2D eigenvalue weighted by molar-refractivity contribution is 7.99. The Morgan fingerprint density at radius 1 is 1.28 bits per heavy atom. The normalized spacial score (nSPS) is 19.6. The van der Waals surface area contributed by atoms with E-state index in [0.717, 1.165) is 5.56 Å². The molecule has 1 saturated heterocycles. The van der Waals surface area contributed by atoms with E-state index in [0.29, 0.717) is 17.3 Å². The molecule has 7 nitrogen and oxygen atoms in total. The van der Waals surface area contributed by atoms with Crippen LogP contribution in [-0.4, -0.2) is 35.9 Å². The summed E-state index contributed by atoms with van der Waals surface area (Å²) in [7, 11) is 1.29. The quantitative estimate of drug-likeness (QED) is 0.755. The monoisotopic (exact) mass is 363 g/mol. The molecule has 2 N–H and O–H groups in total. The Bertz CT molecular complexity index is 757. The van der Waals surface area contributed by atoms with Crippen molar-refractivity contribution in [1.82, 2.24) is 5.32 Å². The highest BCUT2D eigenvalue weighted by Gasteiger charge is 2.30. The van der Waals surface area contributed by atoms with Crippen molar-refractivity contribution in [2.45, 2.75) is 18.0 Å². The first-order chi connectivity index (χ1) is 12.1. The maximum Gasteiger partial charge on any atom is 0.373 e. The molecule has 0 bridgehead atoms. The zero-order chi connectivity index (χ0) is 17.8. The number of carbonyl (C=O) groups is 2. The lowest BCUT2D eigenvalue weighted by Crippen LogP contribution is -2.33. The minimum absolute atomic E-state index is 0.0390. The number of thioether (sulfide) groups is 1. The number of rotatable bonds is 6. The molecule has 0 amide bonds. The van der Waals surface area contributed by atoms with E-state index in [-0.39, 0.29) is 17.7 Å². The van der Waals surface area contributed by atoms with Crippen molar-refractivity contribution in [3.63, 3.8) is 0 Å². The van der Waals surface area contributed by atoms with E-state index < -0.39 is 18.0 Å². The van der Waals surface area contributed by atoms with E-state index >= 15 is 0 Å². The molecular formula is C17H17NO6S. The second-order valence-corrected chi connectivity index (χ2v) is 6.52. The molecule has 1 aromatic carbocycles. The molecule has 1 fully saturated rings. The van der Waals surface area contributed by atoms with E-state index in [1.807, 2.05) is 24.3 Å². The van der Waals surface area contributed by atoms with Crippen LogP contribution in [0.1, 0.15) is 27.3 Å². The Morgan fingerprint density at radius 3 is 2.68 bits per heavy atom. The van der Waals surface area contributed by atoms with Crippen molar-refractivity contribution >= 4 is 23.7 Å². The van der Waals surface area contributed by atoms with Gasteiger partial charge in [0.15, 0.2) is 0 Å². The van der Waals surface area contributed by atoms with Gasteiger partial charge in [0, 0.05) is 5.75 Å². The van der Waals surface area contributed by atoms with Gasteiger partial charge in [0.2, 0.25) is 5.76 Å². The predicted molar refractivity (Wildman–Crippen MR) is 90.6 cm³/mol. The molecule has 2 heterocycles. The van der Waals surface area contributed by atoms with Crippen LogP contribution in [0.15, 0.2) is 40.8 Å². The average molecular weight is 363 g/mol. The fourth-order valence-electron chi connectivity index (χ4n) is 2.37. The summed E-state index contributed by atoms with van der Waals surface area (Å²) in [6.07, 6.45) is 0. The molecule has 1 aliphatic heterocycles. The second kappa shape index (κ2) is 7.62. The van der Waals surface area contributed by atoms with E-state index in [2.05, 4.69) is 10.1 Å². The van der Waals surface area contributed by atoms with Crippen LogP contribution in [0.5, 0.6) is 5.75 Å². The van der Waals surface area contributed by atoms with Crippen LogP contribution in [0.4, 0.5) is 0 Å². The number of carbonyl (C=O) groups excluding carboxylic acids is 1. The van der Waals surface area contributed by atoms with Crippen molar-refractivity contribution in [1.29, 1.82) is 0 Å². The van der Waals surface area contributed by atoms with Gasteiger partial charge < -0.3 is 19.0 Å². The third-order valence-electron chi connectivity index (χ3n) is 3.69.